The highest BCUT2D eigenvalue weighted by Crippen LogP contribution is 2.35. The molecular formula is C56H108O8Si. The van der Waals surface area contributed by atoms with E-state index in [1.165, 1.54) is 231 Å². The number of hydrogen-bond donors (Lipinski definition) is 4. The number of unbranched alkanes of at least 4 members (excludes halogenated alkanes) is 40. The van der Waals surface area contributed by atoms with E-state index in [1.807, 2.05) is 0 Å². The standard InChI is InChI=1S/C56H108O8Si/c57-53(58)45-37-29-21-13-5-1-9-17-25-33-41-49-65(50-42-34-26-18-10-2-6-14-22-30-38-46-54(59)60,51-43-35-27-19-11-3-7-15-23-31-39-47-55(61)62)52-44-36-28-20-12-4-8-16-24-32-40-48-56(63)64/h1-52H2,(H,57,58)(H,59,60)(H,61,62)(H,63,64). The molecule has 0 bridgehead atoms. The van der Waals surface area contributed by atoms with Crippen LogP contribution in [0.3, 0.4) is 0 Å². The van der Waals surface area contributed by atoms with E-state index in [9.17, 15) is 19.2 Å². The Morgan fingerprint density at radius 1 is 0.185 bits per heavy atom. The Bertz CT molecular complexity index is 901. The van der Waals surface area contributed by atoms with E-state index in [2.05, 4.69) is 0 Å². The highest BCUT2D eigenvalue weighted by molar-refractivity contribution is 6.79. The first-order chi connectivity index (χ1) is 31.7. The van der Waals surface area contributed by atoms with E-state index in [0.717, 1.165) is 51.4 Å². The minimum Gasteiger partial charge on any atom is -0.481 e. The van der Waals surface area contributed by atoms with Gasteiger partial charge in [0.1, 0.15) is 0 Å². The molecule has 0 rings (SSSR count). The molecule has 384 valence electrons. The molecule has 0 unspecified atom stereocenters. The summed E-state index contributed by atoms with van der Waals surface area (Å²) in [4.78, 5) is 43.0. The lowest BCUT2D eigenvalue weighted by Gasteiger charge is -2.33. The van der Waals surface area contributed by atoms with E-state index >= 15 is 0 Å². The first-order valence-electron chi connectivity index (χ1n) is 28.5. The predicted molar refractivity (Wildman–Crippen MR) is 277 cm³/mol. The molecule has 4 N–H and O–H groups in total. The molecule has 0 heterocycles. The van der Waals surface area contributed by atoms with Crippen molar-refractivity contribution < 1.29 is 39.6 Å². The van der Waals surface area contributed by atoms with Crippen molar-refractivity contribution in [3.05, 3.63) is 0 Å². The van der Waals surface area contributed by atoms with Crippen molar-refractivity contribution >= 4 is 32.0 Å². The second-order valence-electron chi connectivity index (χ2n) is 20.6. The molecule has 0 aliphatic heterocycles. The Morgan fingerprint density at radius 2 is 0.292 bits per heavy atom. The van der Waals surface area contributed by atoms with Gasteiger partial charge in [-0.1, -0.05) is 281 Å². The average molecular weight is 938 g/mol. The van der Waals surface area contributed by atoms with Crippen LogP contribution in [0.1, 0.15) is 308 Å². The Kier molecular flexibility index (Phi) is 48.5. The van der Waals surface area contributed by atoms with Gasteiger partial charge in [-0.05, 0) is 25.7 Å². The fourth-order valence-corrected chi connectivity index (χ4v) is 15.7. The zero-order valence-electron chi connectivity index (χ0n) is 42.7. The minimum atomic E-state index is -1.36. The number of aliphatic carboxylic acids is 4. The third kappa shape index (κ3) is 51.3. The lowest BCUT2D eigenvalue weighted by molar-refractivity contribution is -0.138. The van der Waals surface area contributed by atoms with Crippen LogP contribution in [-0.2, 0) is 19.2 Å². The van der Waals surface area contributed by atoms with Gasteiger partial charge in [0.2, 0.25) is 0 Å². The summed E-state index contributed by atoms with van der Waals surface area (Å²) in [5.41, 5.74) is 0. The van der Waals surface area contributed by atoms with Gasteiger partial charge in [0.05, 0.1) is 8.07 Å². The largest absolute Gasteiger partial charge is 0.481 e. The number of hydrogen-bond acceptors (Lipinski definition) is 4. The molecule has 0 spiro atoms. The number of carbonyl (C=O) groups is 4. The summed E-state index contributed by atoms with van der Waals surface area (Å²) < 4.78 is 0. The van der Waals surface area contributed by atoms with Crippen LogP contribution in [0.4, 0.5) is 0 Å². The van der Waals surface area contributed by atoms with Gasteiger partial charge in [-0.15, -0.1) is 0 Å². The third-order valence-corrected chi connectivity index (χ3v) is 20.0. The fraction of sp³-hybridized carbons (Fsp3) is 0.929. The van der Waals surface area contributed by atoms with E-state index in [1.54, 1.807) is 24.2 Å². The molecule has 0 saturated carbocycles. The van der Waals surface area contributed by atoms with Crippen molar-refractivity contribution in [3.8, 4) is 0 Å². The normalized spacial score (nSPS) is 11.7. The molecule has 0 amide bonds. The smallest absolute Gasteiger partial charge is 0.303 e. The fourth-order valence-electron chi connectivity index (χ4n) is 10.2. The molecule has 0 aromatic carbocycles. The molecule has 0 aromatic heterocycles. The highest BCUT2D eigenvalue weighted by atomic mass is 28.3. The zero-order chi connectivity index (χ0) is 47.6. The first-order valence-corrected chi connectivity index (χ1v) is 31.4. The Morgan fingerprint density at radius 3 is 0.415 bits per heavy atom. The van der Waals surface area contributed by atoms with Crippen LogP contribution in [0, 0.1) is 0 Å². The van der Waals surface area contributed by atoms with Crippen molar-refractivity contribution in [1.29, 1.82) is 0 Å². The lowest BCUT2D eigenvalue weighted by atomic mass is 10.1. The van der Waals surface area contributed by atoms with E-state index < -0.39 is 32.0 Å². The molecule has 9 heteroatoms. The average Bonchev–Trinajstić information content (AvgIpc) is 3.26. The van der Waals surface area contributed by atoms with Gasteiger partial charge in [-0.3, -0.25) is 19.2 Å². The summed E-state index contributed by atoms with van der Waals surface area (Å²) in [7, 11) is -1.36. The zero-order valence-corrected chi connectivity index (χ0v) is 43.7. The third-order valence-electron chi connectivity index (χ3n) is 14.4. The van der Waals surface area contributed by atoms with Crippen LogP contribution in [-0.4, -0.2) is 52.4 Å². The summed E-state index contributed by atoms with van der Waals surface area (Å²) in [6, 6.07) is 6.20. The van der Waals surface area contributed by atoms with E-state index in [4.69, 9.17) is 20.4 Å². The molecule has 65 heavy (non-hydrogen) atoms. The summed E-state index contributed by atoms with van der Waals surface area (Å²) in [5, 5.41) is 35.4. The van der Waals surface area contributed by atoms with Crippen LogP contribution in [0.25, 0.3) is 0 Å². The topological polar surface area (TPSA) is 149 Å². The lowest BCUT2D eigenvalue weighted by Crippen LogP contribution is -2.34. The van der Waals surface area contributed by atoms with Crippen LogP contribution in [0.5, 0.6) is 0 Å². The maximum atomic E-state index is 10.7. The van der Waals surface area contributed by atoms with E-state index in [-0.39, 0.29) is 0 Å². The molecule has 0 radical (unpaired) electrons. The molecule has 0 aliphatic carbocycles. The van der Waals surface area contributed by atoms with Crippen molar-refractivity contribution in [3.63, 3.8) is 0 Å². The van der Waals surface area contributed by atoms with Gasteiger partial charge in [0, 0.05) is 25.7 Å². The van der Waals surface area contributed by atoms with Crippen molar-refractivity contribution in [2.75, 3.05) is 0 Å². The summed E-state index contributed by atoms with van der Waals surface area (Å²) in [5.74, 6) is -2.67. The number of rotatable bonds is 56. The van der Waals surface area contributed by atoms with E-state index in [0.29, 0.717) is 25.7 Å². The van der Waals surface area contributed by atoms with Crippen LogP contribution in [0.15, 0.2) is 0 Å². The maximum Gasteiger partial charge on any atom is 0.303 e. The molecule has 0 saturated heterocycles. The first kappa shape index (κ1) is 63.1. The molecule has 0 fully saturated rings. The van der Waals surface area contributed by atoms with Gasteiger partial charge in [0.15, 0.2) is 0 Å². The van der Waals surface area contributed by atoms with Gasteiger partial charge >= 0.3 is 23.9 Å². The molecular weight excluding hydrogens is 829 g/mol. The van der Waals surface area contributed by atoms with Crippen LogP contribution < -0.4 is 0 Å². The minimum absolute atomic E-state index is 0.315. The van der Waals surface area contributed by atoms with Gasteiger partial charge in [0.25, 0.3) is 0 Å². The second-order valence-corrected chi connectivity index (χ2v) is 25.6. The Hall–Kier alpha value is -1.90. The van der Waals surface area contributed by atoms with Crippen molar-refractivity contribution in [2.24, 2.45) is 0 Å². The molecule has 0 atom stereocenters. The van der Waals surface area contributed by atoms with Gasteiger partial charge < -0.3 is 20.4 Å². The van der Waals surface area contributed by atoms with Crippen molar-refractivity contribution in [1.82, 2.24) is 0 Å². The second kappa shape index (κ2) is 50.0. The summed E-state index contributed by atoms with van der Waals surface area (Å²) >= 11 is 0. The summed E-state index contributed by atoms with van der Waals surface area (Å²) in [6.45, 7) is 0. The molecule has 0 aliphatic rings. The Labute approximate surface area is 402 Å². The monoisotopic (exact) mass is 937 g/mol. The molecule has 0 aromatic rings. The highest BCUT2D eigenvalue weighted by Gasteiger charge is 2.30. The SMILES string of the molecule is O=C(O)CCCCCCCCCCCCC[Si](CCCCCCCCCCCCCC(=O)O)(CCCCCCCCCCCCCC(=O)O)CCCCCCCCCCCCCC(=O)O. The van der Waals surface area contributed by atoms with Crippen LogP contribution in [0.2, 0.25) is 24.2 Å². The quantitative estimate of drug-likeness (QED) is 0.0348. The number of carboxylic acid groups (broad SMARTS) is 4. The van der Waals surface area contributed by atoms with Gasteiger partial charge in [-0.25, -0.2) is 0 Å². The van der Waals surface area contributed by atoms with Crippen LogP contribution >= 0.6 is 0 Å². The Balaban J connectivity index is 4.99. The predicted octanol–water partition coefficient (Wildman–Crippen LogP) is 18.5. The molecule has 8 nitrogen and oxygen atoms in total. The maximum absolute atomic E-state index is 10.7. The van der Waals surface area contributed by atoms with Crippen molar-refractivity contribution in [2.45, 2.75) is 332 Å². The van der Waals surface area contributed by atoms with Gasteiger partial charge in [-0.2, -0.15) is 0 Å². The number of carboxylic acids is 4. The summed E-state index contributed by atoms with van der Waals surface area (Å²) in [6.07, 6.45) is 56.8.